The monoisotopic (exact) mass is 209 g/mol. The van der Waals surface area contributed by atoms with E-state index in [0.717, 1.165) is 13.1 Å². The number of likely N-dealkylation sites (N-methyl/N-ethyl adjacent to an activating group) is 1. The number of rotatable bonds is 0. The van der Waals surface area contributed by atoms with Gasteiger partial charge in [-0.15, -0.1) is 0 Å². The third kappa shape index (κ3) is 1.36. The summed E-state index contributed by atoms with van der Waals surface area (Å²) in [5.74, 6) is 0.432. The normalized spacial score (nSPS) is 28.9. The third-order valence-corrected chi connectivity index (χ3v) is 2.88. The SMILES string of the molecule is CN1C[C@@H]2Oc3cccc(F)c3O[C@H]2C1. The van der Waals surface area contributed by atoms with Gasteiger partial charge in [0.05, 0.1) is 0 Å². The molecule has 3 rings (SSSR count). The van der Waals surface area contributed by atoms with Gasteiger partial charge >= 0.3 is 0 Å². The topological polar surface area (TPSA) is 21.7 Å². The van der Waals surface area contributed by atoms with E-state index in [0.29, 0.717) is 5.75 Å². The van der Waals surface area contributed by atoms with Gasteiger partial charge in [0.1, 0.15) is 12.2 Å². The summed E-state index contributed by atoms with van der Waals surface area (Å²) in [6.45, 7) is 1.62. The number of halogens is 1. The smallest absolute Gasteiger partial charge is 0.197 e. The summed E-state index contributed by atoms with van der Waals surface area (Å²) in [6, 6.07) is 4.77. The van der Waals surface area contributed by atoms with Crippen LogP contribution in [0, 0.1) is 5.82 Å². The zero-order valence-electron chi connectivity index (χ0n) is 8.44. The van der Waals surface area contributed by atoms with Crippen molar-refractivity contribution in [3.05, 3.63) is 24.0 Å². The minimum Gasteiger partial charge on any atom is -0.481 e. The Bertz CT molecular complexity index is 396. The van der Waals surface area contributed by atoms with Crippen LogP contribution in [0.1, 0.15) is 0 Å². The first-order valence-corrected chi connectivity index (χ1v) is 5.04. The van der Waals surface area contributed by atoms with E-state index in [1.807, 2.05) is 7.05 Å². The molecule has 1 aromatic carbocycles. The third-order valence-electron chi connectivity index (χ3n) is 2.88. The highest BCUT2D eigenvalue weighted by Gasteiger charge is 2.39. The molecule has 0 N–H and O–H groups in total. The van der Waals surface area contributed by atoms with E-state index in [-0.39, 0.29) is 23.8 Å². The molecule has 15 heavy (non-hydrogen) atoms. The van der Waals surface area contributed by atoms with E-state index in [9.17, 15) is 4.39 Å². The quantitative estimate of drug-likeness (QED) is 0.642. The van der Waals surface area contributed by atoms with Crippen molar-refractivity contribution in [3.63, 3.8) is 0 Å². The molecule has 0 saturated carbocycles. The molecule has 0 aromatic heterocycles. The van der Waals surface area contributed by atoms with Gasteiger partial charge in [-0.05, 0) is 19.2 Å². The molecule has 2 aliphatic heterocycles. The Morgan fingerprint density at radius 2 is 2.00 bits per heavy atom. The van der Waals surface area contributed by atoms with Crippen LogP contribution >= 0.6 is 0 Å². The van der Waals surface area contributed by atoms with Gasteiger partial charge in [-0.1, -0.05) is 6.07 Å². The van der Waals surface area contributed by atoms with Gasteiger partial charge in [-0.2, -0.15) is 0 Å². The van der Waals surface area contributed by atoms with Crippen molar-refractivity contribution in [3.8, 4) is 11.5 Å². The van der Waals surface area contributed by atoms with Crippen LogP contribution in [-0.4, -0.2) is 37.2 Å². The number of hydrogen-bond donors (Lipinski definition) is 0. The number of benzene rings is 1. The number of fused-ring (bicyclic) bond motifs is 2. The maximum Gasteiger partial charge on any atom is 0.197 e. The molecule has 2 aliphatic rings. The van der Waals surface area contributed by atoms with E-state index in [4.69, 9.17) is 9.47 Å². The summed E-state index contributed by atoms with van der Waals surface area (Å²) in [6.07, 6.45) is -0.0105. The van der Waals surface area contributed by atoms with Crippen LogP contribution in [0.4, 0.5) is 4.39 Å². The summed E-state index contributed by atoms with van der Waals surface area (Å²) in [7, 11) is 2.01. The van der Waals surface area contributed by atoms with Gasteiger partial charge in [-0.3, -0.25) is 4.90 Å². The fourth-order valence-corrected chi connectivity index (χ4v) is 2.16. The van der Waals surface area contributed by atoms with Crippen molar-refractivity contribution >= 4 is 0 Å². The summed E-state index contributed by atoms with van der Waals surface area (Å²) in [5.41, 5.74) is 0. The lowest BCUT2D eigenvalue weighted by Gasteiger charge is -2.28. The molecule has 1 fully saturated rings. The summed E-state index contributed by atoms with van der Waals surface area (Å²) < 4.78 is 24.7. The number of ether oxygens (including phenoxy) is 2. The van der Waals surface area contributed by atoms with Crippen LogP contribution in [0.2, 0.25) is 0 Å². The van der Waals surface area contributed by atoms with E-state index in [1.54, 1.807) is 12.1 Å². The molecular formula is C11H12FNO2. The average Bonchev–Trinajstić information content (AvgIpc) is 2.55. The molecule has 80 valence electrons. The standard InChI is InChI=1S/C11H12FNO2/c1-13-5-9-10(6-13)15-11-7(12)3-2-4-8(11)14-9/h2-4,9-10H,5-6H2,1H3/t9-,10-/m0/s1. The van der Waals surface area contributed by atoms with Crippen molar-refractivity contribution < 1.29 is 13.9 Å². The van der Waals surface area contributed by atoms with Gasteiger partial charge in [0.25, 0.3) is 0 Å². The Hall–Kier alpha value is -1.29. The van der Waals surface area contributed by atoms with Gasteiger partial charge < -0.3 is 9.47 Å². The van der Waals surface area contributed by atoms with Crippen LogP contribution in [0.3, 0.4) is 0 Å². The fraction of sp³-hybridized carbons (Fsp3) is 0.455. The van der Waals surface area contributed by atoms with Gasteiger partial charge in [0.15, 0.2) is 17.3 Å². The Kier molecular flexibility index (Phi) is 1.85. The zero-order chi connectivity index (χ0) is 10.4. The van der Waals surface area contributed by atoms with Crippen LogP contribution in [-0.2, 0) is 0 Å². The summed E-state index contributed by atoms with van der Waals surface area (Å²) >= 11 is 0. The molecule has 0 bridgehead atoms. The molecule has 3 nitrogen and oxygen atoms in total. The van der Waals surface area contributed by atoms with Crippen molar-refractivity contribution in [2.45, 2.75) is 12.2 Å². The molecule has 0 radical (unpaired) electrons. The van der Waals surface area contributed by atoms with Crippen LogP contribution < -0.4 is 9.47 Å². The lowest BCUT2D eigenvalue weighted by atomic mass is 10.2. The van der Waals surface area contributed by atoms with E-state index >= 15 is 0 Å². The Morgan fingerprint density at radius 1 is 1.27 bits per heavy atom. The van der Waals surface area contributed by atoms with Crippen LogP contribution in [0.15, 0.2) is 18.2 Å². The number of likely N-dealkylation sites (tertiary alicyclic amines) is 1. The van der Waals surface area contributed by atoms with Gasteiger partial charge in [0.2, 0.25) is 0 Å². The maximum absolute atomic E-state index is 13.4. The second-order valence-corrected chi connectivity index (χ2v) is 4.10. The van der Waals surface area contributed by atoms with Crippen LogP contribution in [0.25, 0.3) is 0 Å². The van der Waals surface area contributed by atoms with Crippen molar-refractivity contribution in [1.29, 1.82) is 0 Å². The predicted molar refractivity (Wildman–Crippen MR) is 52.7 cm³/mol. The molecule has 0 amide bonds. The van der Waals surface area contributed by atoms with Gasteiger partial charge in [0, 0.05) is 13.1 Å². The number of para-hydroxylation sites is 1. The molecule has 1 aromatic rings. The predicted octanol–water partition coefficient (Wildman–Crippen LogP) is 1.28. The molecule has 1 saturated heterocycles. The first-order valence-electron chi connectivity index (χ1n) is 5.04. The summed E-state index contributed by atoms with van der Waals surface area (Å²) in [4.78, 5) is 2.12. The number of nitrogens with zero attached hydrogens (tertiary/aromatic N) is 1. The molecule has 2 atom stereocenters. The molecule has 0 unspecified atom stereocenters. The molecule has 4 heteroatoms. The minimum absolute atomic E-state index is 0.0318. The van der Waals surface area contributed by atoms with Crippen LogP contribution in [0.5, 0.6) is 11.5 Å². The van der Waals surface area contributed by atoms with E-state index in [2.05, 4.69) is 4.90 Å². The highest BCUT2D eigenvalue weighted by Crippen LogP contribution is 2.37. The second-order valence-electron chi connectivity index (χ2n) is 4.10. The van der Waals surface area contributed by atoms with Crippen molar-refractivity contribution in [1.82, 2.24) is 4.90 Å². The molecule has 2 heterocycles. The highest BCUT2D eigenvalue weighted by atomic mass is 19.1. The van der Waals surface area contributed by atoms with Crippen molar-refractivity contribution in [2.24, 2.45) is 0 Å². The Balaban J connectivity index is 1.96. The van der Waals surface area contributed by atoms with E-state index < -0.39 is 0 Å². The first-order chi connectivity index (χ1) is 7.24. The lowest BCUT2D eigenvalue weighted by molar-refractivity contribution is 0.0510. The Morgan fingerprint density at radius 3 is 2.80 bits per heavy atom. The average molecular weight is 209 g/mol. The number of hydrogen-bond acceptors (Lipinski definition) is 3. The zero-order valence-corrected chi connectivity index (χ0v) is 8.44. The van der Waals surface area contributed by atoms with E-state index in [1.165, 1.54) is 6.07 Å². The highest BCUT2D eigenvalue weighted by molar-refractivity contribution is 5.42. The minimum atomic E-state index is -0.347. The fourth-order valence-electron chi connectivity index (χ4n) is 2.16. The lowest BCUT2D eigenvalue weighted by Crippen LogP contribution is -2.38. The first kappa shape index (κ1) is 8.97. The molecular weight excluding hydrogens is 197 g/mol. The van der Waals surface area contributed by atoms with Gasteiger partial charge in [-0.25, -0.2) is 4.39 Å². The maximum atomic E-state index is 13.4. The summed E-state index contributed by atoms with van der Waals surface area (Å²) in [5, 5.41) is 0. The molecule has 0 aliphatic carbocycles. The Labute approximate surface area is 87.4 Å². The largest absolute Gasteiger partial charge is 0.481 e. The van der Waals surface area contributed by atoms with Crippen molar-refractivity contribution in [2.75, 3.05) is 20.1 Å². The second kappa shape index (κ2) is 3.10. The molecule has 0 spiro atoms.